The second-order valence-corrected chi connectivity index (χ2v) is 4.45. The fraction of sp³-hybridized carbons (Fsp3) is 0.214. The van der Waals surface area contributed by atoms with Gasteiger partial charge >= 0.3 is 0 Å². The van der Waals surface area contributed by atoms with Crippen molar-refractivity contribution in [2.75, 3.05) is 23.5 Å². The molecule has 3 rings (SSSR count). The second kappa shape index (κ2) is 3.77. The van der Waals surface area contributed by atoms with E-state index in [1.165, 1.54) is 16.9 Å². The fourth-order valence-corrected chi connectivity index (χ4v) is 2.24. The van der Waals surface area contributed by atoms with Crippen molar-refractivity contribution in [3.05, 3.63) is 48.2 Å². The number of rotatable bonds is 1. The van der Waals surface area contributed by atoms with Gasteiger partial charge in [-0.2, -0.15) is 0 Å². The van der Waals surface area contributed by atoms with Crippen LogP contribution in [0.25, 0.3) is 0 Å². The van der Waals surface area contributed by atoms with Gasteiger partial charge in [-0.1, -0.05) is 12.1 Å². The van der Waals surface area contributed by atoms with Gasteiger partial charge < -0.3 is 9.80 Å². The lowest BCUT2D eigenvalue weighted by Gasteiger charge is -2.18. The summed E-state index contributed by atoms with van der Waals surface area (Å²) in [6.45, 7) is 2.95. The van der Waals surface area contributed by atoms with Crippen LogP contribution >= 0.6 is 0 Å². The highest BCUT2D eigenvalue weighted by molar-refractivity contribution is 5.80. The van der Waals surface area contributed by atoms with Crippen molar-refractivity contribution in [2.24, 2.45) is 0 Å². The van der Waals surface area contributed by atoms with Crippen molar-refractivity contribution in [3.63, 3.8) is 0 Å². The van der Waals surface area contributed by atoms with Gasteiger partial charge in [0.05, 0.1) is 18.0 Å². The van der Waals surface area contributed by atoms with Crippen molar-refractivity contribution in [2.45, 2.75) is 6.92 Å². The third-order valence-corrected chi connectivity index (χ3v) is 3.11. The Hall–Kier alpha value is -2.03. The zero-order chi connectivity index (χ0) is 11.8. The number of hydrogen-bond acceptors (Lipinski definition) is 3. The summed E-state index contributed by atoms with van der Waals surface area (Å²) < 4.78 is 0. The summed E-state index contributed by atoms with van der Waals surface area (Å²) in [5, 5.41) is 0. The van der Waals surface area contributed by atoms with Crippen molar-refractivity contribution < 1.29 is 0 Å². The standard InChI is InChI=1S/C14H15N3/c1-11-7-8-15-14(9-11)17-10-16(2)12-5-3-4-6-13(12)17/h3-9H,10H2,1-2H3. The number of nitrogens with zero attached hydrogens (tertiary/aromatic N) is 3. The van der Waals surface area contributed by atoms with Crippen LogP contribution in [0.3, 0.4) is 0 Å². The monoisotopic (exact) mass is 225 g/mol. The first kappa shape index (κ1) is 10.1. The summed E-state index contributed by atoms with van der Waals surface area (Å²) in [5.74, 6) is 1.02. The molecule has 0 unspecified atom stereocenters. The van der Waals surface area contributed by atoms with E-state index < -0.39 is 0 Å². The van der Waals surface area contributed by atoms with E-state index in [2.05, 4.69) is 59.1 Å². The van der Waals surface area contributed by atoms with Crippen molar-refractivity contribution >= 4 is 17.2 Å². The summed E-state index contributed by atoms with van der Waals surface area (Å²) in [4.78, 5) is 8.93. The van der Waals surface area contributed by atoms with Crippen LogP contribution in [0.1, 0.15) is 5.56 Å². The van der Waals surface area contributed by atoms with E-state index in [9.17, 15) is 0 Å². The molecule has 86 valence electrons. The number of pyridine rings is 1. The summed E-state index contributed by atoms with van der Waals surface area (Å²) in [6, 6.07) is 12.6. The van der Waals surface area contributed by atoms with Crippen LogP contribution in [-0.2, 0) is 0 Å². The Kier molecular flexibility index (Phi) is 2.25. The molecule has 1 aliphatic rings. The van der Waals surface area contributed by atoms with E-state index in [4.69, 9.17) is 0 Å². The lowest BCUT2D eigenvalue weighted by molar-refractivity contribution is 0.931. The maximum atomic E-state index is 4.45. The van der Waals surface area contributed by atoms with Crippen LogP contribution < -0.4 is 9.80 Å². The summed E-state index contributed by atoms with van der Waals surface area (Å²) in [7, 11) is 2.11. The summed E-state index contributed by atoms with van der Waals surface area (Å²) >= 11 is 0. The third kappa shape index (κ3) is 1.64. The molecule has 0 spiro atoms. The van der Waals surface area contributed by atoms with E-state index in [0.717, 1.165) is 12.5 Å². The van der Waals surface area contributed by atoms with Gasteiger partial charge in [0, 0.05) is 13.2 Å². The van der Waals surface area contributed by atoms with E-state index in [0.29, 0.717) is 0 Å². The van der Waals surface area contributed by atoms with Crippen molar-refractivity contribution in [1.82, 2.24) is 4.98 Å². The zero-order valence-electron chi connectivity index (χ0n) is 10.1. The average Bonchev–Trinajstić information content (AvgIpc) is 2.68. The first-order valence-electron chi connectivity index (χ1n) is 5.76. The minimum absolute atomic E-state index is 0.857. The molecule has 0 bridgehead atoms. The molecule has 17 heavy (non-hydrogen) atoms. The van der Waals surface area contributed by atoms with Gasteiger partial charge in [-0.3, -0.25) is 0 Å². The lowest BCUT2D eigenvalue weighted by atomic mass is 10.2. The molecule has 3 heteroatoms. The number of anilines is 3. The van der Waals surface area contributed by atoms with Gasteiger partial charge in [-0.25, -0.2) is 4.98 Å². The number of fused-ring (bicyclic) bond motifs is 1. The zero-order valence-corrected chi connectivity index (χ0v) is 10.1. The maximum Gasteiger partial charge on any atom is 0.134 e. The Morgan fingerprint density at radius 1 is 1.12 bits per heavy atom. The van der Waals surface area contributed by atoms with Gasteiger partial charge in [0.25, 0.3) is 0 Å². The molecule has 2 aromatic rings. The van der Waals surface area contributed by atoms with E-state index in [1.54, 1.807) is 0 Å². The minimum atomic E-state index is 0.857. The molecule has 0 atom stereocenters. The van der Waals surface area contributed by atoms with Crippen molar-refractivity contribution in [3.8, 4) is 0 Å². The maximum absolute atomic E-state index is 4.45. The van der Waals surface area contributed by atoms with Gasteiger partial charge in [0.1, 0.15) is 5.82 Å². The molecule has 1 aliphatic heterocycles. The third-order valence-electron chi connectivity index (χ3n) is 3.11. The predicted molar refractivity (Wildman–Crippen MR) is 70.8 cm³/mol. The SMILES string of the molecule is Cc1ccnc(N2CN(C)c3ccccc32)c1. The highest BCUT2D eigenvalue weighted by atomic mass is 15.4. The highest BCUT2D eigenvalue weighted by Crippen LogP contribution is 2.38. The number of aromatic nitrogens is 1. The molecule has 2 heterocycles. The van der Waals surface area contributed by atoms with Crippen LogP contribution in [0.5, 0.6) is 0 Å². The molecular formula is C14H15N3. The highest BCUT2D eigenvalue weighted by Gasteiger charge is 2.24. The van der Waals surface area contributed by atoms with Crippen molar-refractivity contribution in [1.29, 1.82) is 0 Å². The van der Waals surface area contributed by atoms with E-state index in [1.807, 2.05) is 12.3 Å². The van der Waals surface area contributed by atoms with E-state index >= 15 is 0 Å². The first-order valence-corrected chi connectivity index (χ1v) is 5.76. The first-order chi connectivity index (χ1) is 8.25. The normalized spacial score (nSPS) is 14.0. The minimum Gasteiger partial charge on any atom is -0.355 e. The largest absolute Gasteiger partial charge is 0.355 e. The molecule has 0 N–H and O–H groups in total. The quantitative estimate of drug-likeness (QED) is 0.744. The number of hydrogen-bond donors (Lipinski definition) is 0. The molecule has 0 fully saturated rings. The lowest BCUT2D eigenvalue weighted by Crippen LogP contribution is -2.24. The Labute approximate surface area is 101 Å². The topological polar surface area (TPSA) is 19.4 Å². The van der Waals surface area contributed by atoms with Gasteiger partial charge in [-0.15, -0.1) is 0 Å². The van der Waals surface area contributed by atoms with Gasteiger partial charge in [0.2, 0.25) is 0 Å². The van der Waals surface area contributed by atoms with Crippen LogP contribution in [0.15, 0.2) is 42.6 Å². The second-order valence-electron chi connectivity index (χ2n) is 4.45. The molecule has 0 saturated carbocycles. The number of para-hydroxylation sites is 2. The Bertz CT molecular complexity index is 551. The number of benzene rings is 1. The molecule has 0 saturated heterocycles. The van der Waals surface area contributed by atoms with Crippen LogP contribution in [0.2, 0.25) is 0 Å². The Balaban J connectivity index is 2.07. The number of aryl methyl sites for hydroxylation is 1. The molecule has 0 amide bonds. The molecule has 1 aromatic carbocycles. The molecule has 0 radical (unpaired) electrons. The van der Waals surface area contributed by atoms with Crippen LogP contribution in [0, 0.1) is 6.92 Å². The average molecular weight is 225 g/mol. The summed E-state index contributed by atoms with van der Waals surface area (Å²) in [6.07, 6.45) is 1.87. The molecule has 1 aromatic heterocycles. The molecular weight excluding hydrogens is 210 g/mol. The summed E-state index contributed by atoms with van der Waals surface area (Å²) in [5.41, 5.74) is 3.73. The van der Waals surface area contributed by atoms with Gasteiger partial charge in [-0.05, 0) is 36.8 Å². The van der Waals surface area contributed by atoms with Crippen LogP contribution in [0.4, 0.5) is 17.2 Å². The predicted octanol–water partition coefficient (Wildman–Crippen LogP) is 2.94. The molecule has 3 nitrogen and oxygen atoms in total. The fourth-order valence-electron chi connectivity index (χ4n) is 2.24. The van der Waals surface area contributed by atoms with Crippen LogP contribution in [-0.4, -0.2) is 18.7 Å². The molecule has 0 aliphatic carbocycles. The Morgan fingerprint density at radius 3 is 2.65 bits per heavy atom. The van der Waals surface area contributed by atoms with Gasteiger partial charge in [0.15, 0.2) is 0 Å². The smallest absolute Gasteiger partial charge is 0.134 e. The Morgan fingerprint density at radius 2 is 1.88 bits per heavy atom. The van der Waals surface area contributed by atoms with E-state index in [-0.39, 0.29) is 0 Å².